The number of hydrogen-bond acceptors (Lipinski definition) is 4. The summed E-state index contributed by atoms with van der Waals surface area (Å²) >= 11 is 8.54. The van der Waals surface area contributed by atoms with Gasteiger partial charge in [0.25, 0.3) is 0 Å². The lowest BCUT2D eigenvalue weighted by Gasteiger charge is -2.27. The molecule has 1 N–H and O–H groups in total. The molecule has 0 fully saturated rings. The zero-order chi connectivity index (χ0) is 48.4. The monoisotopic (exact) mass is 979 g/mol. The van der Waals surface area contributed by atoms with Crippen molar-refractivity contribution in [3.05, 3.63) is 61.0 Å². The second-order valence-electron chi connectivity index (χ2n) is 17.0. The number of methoxy groups -OCH3 is 1. The minimum Gasteiger partial charge on any atom is -0.507 e. The average Bonchev–Trinajstić information content (AvgIpc) is 3.64. The molecule has 3 aromatic rings. The van der Waals surface area contributed by atoms with Crippen LogP contribution in [0.2, 0.25) is 0 Å². The van der Waals surface area contributed by atoms with Crippen LogP contribution in [0.5, 0.6) is 11.5 Å². The summed E-state index contributed by atoms with van der Waals surface area (Å²) in [4.78, 5) is 4.46. The van der Waals surface area contributed by atoms with Gasteiger partial charge in [0.05, 0.1) is 17.1 Å². The van der Waals surface area contributed by atoms with Crippen LogP contribution < -0.4 is 4.74 Å². The number of nitrogens with zero attached hydrogens (tertiary/aromatic N) is 1. The standard InChI is InChI=1S/C26H2.C17H22BrNOS.C15H23BrO/c1-3-5-7-9-11-13-15-17-19-21-23-25-26-24-22-20-18-16-14-12-10-8-6-4-2;1-16(2,3)10-7-11(15-19-13(18)9-21-15)14(20)12(8-10)17(4,5)6;1-14(2,3)10-8-11(15(4,5)6)13(17-7)12(16)9-10/h1-2H;7-9,20H,1-6H3;8-9H,1-7H3. The Hall–Kier alpha value is -7.09. The highest BCUT2D eigenvalue weighted by molar-refractivity contribution is 9.10. The maximum absolute atomic E-state index is 10.7. The second-order valence-corrected chi connectivity index (χ2v) is 19.5. The summed E-state index contributed by atoms with van der Waals surface area (Å²) in [7, 11) is 1.73. The Morgan fingerprint density at radius 3 is 1.11 bits per heavy atom. The highest BCUT2D eigenvalue weighted by Gasteiger charge is 2.27. The number of halogens is 2. The summed E-state index contributed by atoms with van der Waals surface area (Å²) < 4.78 is 7.37. The summed E-state index contributed by atoms with van der Waals surface area (Å²) in [6, 6.07) is 8.62. The van der Waals surface area contributed by atoms with E-state index in [1.165, 1.54) is 28.0 Å². The van der Waals surface area contributed by atoms with Gasteiger partial charge in [-0.05, 0) is 172 Å². The zero-order valence-electron chi connectivity index (χ0n) is 38.5. The summed E-state index contributed by atoms with van der Waals surface area (Å²) in [5.41, 5.74) is 5.72. The third-order valence-electron chi connectivity index (χ3n) is 7.87. The predicted octanol–water partition coefficient (Wildman–Crippen LogP) is 11.2. The van der Waals surface area contributed by atoms with E-state index in [9.17, 15) is 5.11 Å². The number of benzene rings is 2. The molecule has 316 valence electrons. The van der Waals surface area contributed by atoms with Crippen molar-refractivity contribution in [1.29, 1.82) is 0 Å². The molecule has 0 amide bonds. The third-order valence-corrected chi connectivity index (χ3v) is 10.0. The van der Waals surface area contributed by atoms with Gasteiger partial charge in [-0.1, -0.05) is 95.2 Å². The summed E-state index contributed by atoms with van der Waals surface area (Å²) in [6.45, 7) is 26.3. The molecule has 0 saturated heterocycles. The maximum Gasteiger partial charge on any atom is 0.136 e. The van der Waals surface area contributed by atoms with Gasteiger partial charge >= 0.3 is 0 Å². The van der Waals surface area contributed by atoms with Gasteiger partial charge in [-0.3, -0.25) is 0 Å². The molecule has 0 aliphatic heterocycles. The largest absolute Gasteiger partial charge is 0.507 e. The van der Waals surface area contributed by atoms with Crippen LogP contribution in [-0.4, -0.2) is 17.2 Å². The van der Waals surface area contributed by atoms with Crippen LogP contribution in [0.4, 0.5) is 0 Å². The van der Waals surface area contributed by atoms with E-state index >= 15 is 0 Å². The molecule has 0 aliphatic rings. The average molecular weight is 982 g/mol. The van der Waals surface area contributed by atoms with E-state index < -0.39 is 0 Å². The molecule has 3 nitrogen and oxygen atoms in total. The Bertz CT molecular complexity index is 2920. The highest BCUT2D eigenvalue weighted by Crippen LogP contribution is 2.43. The third kappa shape index (κ3) is 21.1. The van der Waals surface area contributed by atoms with Crippen molar-refractivity contribution in [3.8, 4) is 177 Å². The van der Waals surface area contributed by atoms with Crippen molar-refractivity contribution >= 4 is 43.2 Å². The van der Waals surface area contributed by atoms with Gasteiger partial charge in [-0.25, -0.2) is 4.98 Å². The Labute approximate surface area is 405 Å². The molecule has 0 unspecified atom stereocenters. The van der Waals surface area contributed by atoms with Crippen LogP contribution in [0.25, 0.3) is 10.6 Å². The van der Waals surface area contributed by atoms with Gasteiger partial charge in [0.2, 0.25) is 0 Å². The number of aromatic nitrogens is 1. The molecule has 1 aromatic heterocycles. The van der Waals surface area contributed by atoms with Gasteiger partial charge in [0.1, 0.15) is 21.1 Å². The second kappa shape index (κ2) is 27.1. The molecular weight excluding hydrogens is 935 g/mol. The Morgan fingerprint density at radius 2 is 0.828 bits per heavy atom. The Balaban J connectivity index is 0.000000490. The molecule has 1 heterocycles. The van der Waals surface area contributed by atoms with Gasteiger partial charge in [0.15, 0.2) is 0 Å². The lowest BCUT2D eigenvalue weighted by Crippen LogP contribution is -2.17. The molecule has 0 saturated carbocycles. The number of aromatic hydroxyl groups is 1. The molecule has 0 bridgehead atoms. The van der Waals surface area contributed by atoms with E-state index in [0.717, 1.165) is 31.0 Å². The lowest BCUT2D eigenvalue weighted by atomic mass is 9.79. The number of rotatable bonds is 2. The number of hydrogen-bond donors (Lipinski definition) is 1. The highest BCUT2D eigenvalue weighted by atomic mass is 79.9. The molecule has 0 atom stereocenters. The van der Waals surface area contributed by atoms with Crippen molar-refractivity contribution in [2.45, 2.75) is 105 Å². The quantitative estimate of drug-likeness (QED) is 0.260. The number of phenolic OH excluding ortho intramolecular Hbond substituents is 1. The smallest absolute Gasteiger partial charge is 0.136 e. The van der Waals surface area contributed by atoms with Crippen LogP contribution in [-0.2, 0) is 21.7 Å². The fourth-order valence-electron chi connectivity index (χ4n) is 4.67. The molecule has 6 heteroatoms. The van der Waals surface area contributed by atoms with Crippen LogP contribution in [0, 0.1) is 155 Å². The SMILES string of the molecule is C#CC#CC#CC#CC#CC#CC#CC#CC#CC#CC#CC#CC#C.CC(C)(C)c1cc(-c2nc(Br)cs2)c(O)c(C(C)(C)C)c1.COc1c(Br)cc(C(C)(C)C)cc1C(C)(C)C. The minimum atomic E-state index is -0.116. The zero-order valence-corrected chi connectivity index (χ0v) is 42.5. The topological polar surface area (TPSA) is 42.4 Å². The summed E-state index contributed by atoms with van der Waals surface area (Å²) in [5.74, 6) is 59.5. The summed E-state index contributed by atoms with van der Waals surface area (Å²) in [6.07, 6.45) is 9.82. The fourth-order valence-corrected chi connectivity index (χ4v) is 6.56. The first-order chi connectivity index (χ1) is 30.0. The number of phenols is 1. The van der Waals surface area contributed by atoms with Gasteiger partial charge in [-0.2, -0.15) is 0 Å². The van der Waals surface area contributed by atoms with Crippen molar-refractivity contribution < 1.29 is 9.84 Å². The molecular formula is C58H47Br2NO2S. The van der Waals surface area contributed by atoms with Gasteiger partial charge in [0, 0.05) is 63.9 Å². The molecule has 2 aromatic carbocycles. The molecule has 0 radical (unpaired) electrons. The van der Waals surface area contributed by atoms with E-state index in [1.54, 1.807) is 7.11 Å². The van der Waals surface area contributed by atoms with Crippen molar-refractivity contribution in [2.75, 3.05) is 7.11 Å². The number of terminal acetylenes is 2. The predicted molar refractivity (Wildman–Crippen MR) is 276 cm³/mol. The fraction of sp³-hybridized carbons (Fsp3) is 0.293. The molecule has 64 heavy (non-hydrogen) atoms. The molecule has 0 aliphatic carbocycles. The molecule has 0 spiro atoms. The minimum absolute atomic E-state index is 0.0247. The van der Waals surface area contributed by atoms with E-state index in [-0.39, 0.29) is 21.7 Å². The van der Waals surface area contributed by atoms with Crippen LogP contribution >= 0.6 is 43.2 Å². The molecule has 3 rings (SSSR count). The van der Waals surface area contributed by atoms with E-state index in [1.807, 2.05) is 5.38 Å². The van der Waals surface area contributed by atoms with Crippen LogP contribution in [0.1, 0.15) is 105 Å². The van der Waals surface area contributed by atoms with E-state index in [0.29, 0.717) is 5.75 Å². The van der Waals surface area contributed by atoms with Crippen molar-refractivity contribution in [2.24, 2.45) is 0 Å². The Kier molecular flexibility index (Phi) is 23.2. The van der Waals surface area contributed by atoms with Gasteiger partial charge in [-0.15, -0.1) is 24.2 Å². The van der Waals surface area contributed by atoms with E-state index in [4.69, 9.17) is 17.6 Å². The van der Waals surface area contributed by atoms with E-state index in [2.05, 4.69) is 286 Å². The van der Waals surface area contributed by atoms with Gasteiger partial charge < -0.3 is 9.84 Å². The number of ether oxygens (including phenoxy) is 1. The lowest BCUT2D eigenvalue weighted by molar-refractivity contribution is 0.394. The van der Waals surface area contributed by atoms with Crippen molar-refractivity contribution in [1.82, 2.24) is 4.98 Å². The normalized spacial score (nSPS) is 9.08. The number of thiazole rings is 1. The maximum atomic E-state index is 10.7. The Morgan fingerprint density at radius 1 is 0.500 bits per heavy atom. The van der Waals surface area contributed by atoms with Crippen LogP contribution in [0.3, 0.4) is 0 Å². The van der Waals surface area contributed by atoms with Crippen molar-refractivity contribution in [3.63, 3.8) is 0 Å². The first-order valence-electron chi connectivity index (χ1n) is 19.3. The first kappa shape index (κ1) is 54.9. The van der Waals surface area contributed by atoms with Crippen LogP contribution in [0.15, 0.2) is 38.7 Å². The summed E-state index contributed by atoms with van der Waals surface area (Å²) in [5, 5.41) is 13.5. The first-order valence-corrected chi connectivity index (χ1v) is 21.7.